The fraction of sp³-hybridized carbons (Fsp3) is 0.273. The second-order valence-electron chi connectivity index (χ2n) is 6.35. The van der Waals surface area contributed by atoms with Crippen molar-refractivity contribution in [3.05, 3.63) is 59.2 Å². The van der Waals surface area contributed by atoms with Crippen molar-refractivity contribution in [1.29, 1.82) is 0 Å². The van der Waals surface area contributed by atoms with E-state index in [0.717, 1.165) is 11.3 Å². The Morgan fingerprint density at radius 2 is 2.07 bits per heavy atom. The van der Waals surface area contributed by atoms with E-state index in [1.807, 2.05) is 24.3 Å². The average molecular weight is 429 g/mol. The van der Waals surface area contributed by atoms with Crippen LogP contribution in [0.4, 0.5) is 5.00 Å². The van der Waals surface area contributed by atoms with Crippen LogP contribution in [0.25, 0.3) is 11.3 Å². The van der Waals surface area contributed by atoms with Gasteiger partial charge in [0.2, 0.25) is 0 Å². The summed E-state index contributed by atoms with van der Waals surface area (Å²) < 4.78 is 21.5. The predicted octanol–water partition coefficient (Wildman–Crippen LogP) is 4.74. The first-order valence-corrected chi connectivity index (χ1v) is 10.3. The number of hydrogen-bond acceptors (Lipinski definition) is 7. The number of anilines is 1. The molecule has 1 atom stereocenters. The third-order valence-corrected chi connectivity index (χ3v) is 5.19. The van der Waals surface area contributed by atoms with Crippen LogP contribution in [0.2, 0.25) is 0 Å². The van der Waals surface area contributed by atoms with E-state index in [4.69, 9.17) is 18.6 Å². The summed E-state index contributed by atoms with van der Waals surface area (Å²) in [6.45, 7) is 3.85. The lowest BCUT2D eigenvalue weighted by Gasteiger charge is -2.14. The van der Waals surface area contributed by atoms with Crippen molar-refractivity contribution in [2.75, 3.05) is 19.0 Å². The van der Waals surface area contributed by atoms with Gasteiger partial charge in [0, 0.05) is 10.9 Å². The zero-order valence-electron chi connectivity index (χ0n) is 17.0. The summed E-state index contributed by atoms with van der Waals surface area (Å²) in [5.74, 6) is 0.357. The summed E-state index contributed by atoms with van der Waals surface area (Å²) >= 11 is 1.23. The number of benzene rings is 1. The molecular weight excluding hydrogens is 406 g/mol. The molecule has 8 heteroatoms. The van der Waals surface area contributed by atoms with Gasteiger partial charge in [-0.3, -0.25) is 4.79 Å². The second-order valence-corrected chi connectivity index (χ2v) is 7.22. The maximum absolute atomic E-state index is 12.7. The first-order valence-electron chi connectivity index (χ1n) is 9.41. The van der Waals surface area contributed by atoms with Crippen molar-refractivity contribution in [1.82, 2.24) is 0 Å². The van der Waals surface area contributed by atoms with Gasteiger partial charge in [0.05, 0.1) is 26.6 Å². The molecule has 30 heavy (non-hydrogen) atoms. The van der Waals surface area contributed by atoms with Crippen molar-refractivity contribution >= 4 is 28.2 Å². The van der Waals surface area contributed by atoms with E-state index in [-0.39, 0.29) is 24.7 Å². The van der Waals surface area contributed by atoms with Crippen LogP contribution in [0, 0.1) is 0 Å². The van der Waals surface area contributed by atoms with Crippen LogP contribution in [0.5, 0.6) is 5.75 Å². The molecule has 1 amide bonds. The highest BCUT2D eigenvalue weighted by molar-refractivity contribution is 7.15. The Labute approximate surface area is 178 Å². The van der Waals surface area contributed by atoms with Crippen molar-refractivity contribution in [2.45, 2.75) is 26.6 Å². The smallest absolute Gasteiger partial charge is 0.341 e. The van der Waals surface area contributed by atoms with Gasteiger partial charge in [-0.2, -0.15) is 0 Å². The Bertz CT molecular complexity index is 995. The fourth-order valence-electron chi connectivity index (χ4n) is 2.74. The molecule has 1 N–H and O–H groups in total. The third kappa shape index (κ3) is 5.08. The maximum Gasteiger partial charge on any atom is 0.341 e. The van der Waals surface area contributed by atoms with Crippen molar-refractivity contribution < 1.29 is 28.2 Å². The van der Waals surface area contributed by atoms with E-state index in [1.165, 1.54) is 17.6 Å². The number of ether oxygens (including phenoxy) is 3. The highest BCUT2D eigenvalue weighted by atomic mass is 32.1. The van der Waals surface area contributed by atoms with Crippen molar-refractivity contribution in [3.8, 4) is 17.1 Å². The summed E-state index contributed by atoms with van der Waals surface area (Å²) in [7, 11) is 1.59. The molecule has 1 aromatic carbocycles. The molecule has 0 aliphatic carbocycles. The van der Waals surface area contributed by atoms with Gasteiger partial charge in [-0.1, -0.05) is 12.1 Å². The lowest BCUT2D eigenvalue weighted by atomic mass is 10.1. The number of rotatable bonds is 9. The number of hydrogen-bond donors (Lipinski definition) is 1. The Balaban J connectivity index is 1.71. The number of esters is 1. The summed E-state index contributed by atoms with van der Waals surface area (Å²) in [6, 6.07) is 10.9. The molecule has 0 aliphatic heterocycles. The standard InChI is InChI=1S/C22H23NO6S/c1-4-27-22(25)19-17(18-9-6-10-28-18)13-30-21(19)23-20(24)14(2)29-12-15-7-5-8-16(11-15)26-3/h5-11,13-14H,4,12H2,1-3H3,(H,23,24). The number of thiophene rings is 1. The molecule has 158 valence electrons. The second kappa shape index (κ2) is 10.1. The van der Waals surface area contributed by atoms with E-state index in [0.29, 0.717) is 16.3 Å². The van der Waals surface area contributed by atoms with Crippen LogP contribution in [-0.4, -0.2) is 31.7 Å². The van der Waals surface area contributed by atoms with Crippen LogP contribution < -0.4 is 10.1 Å². The van der Waals surface area contributed by atoms with Crippen molar-refractivity contribution in [3.63, 3.8) is 0 Å². The van der Waals surface area contributed by atoms with E-state index in [1.54, 1.807) is 38.5 Å². The van der Waals surface area contributed by atoms with E-state index in [9.17, 15) is 9.59 Å². The largest absolute Gasteiger partial charge is 0.497 e. The number of amides is 1. The van der Waals surface area contributed by atoms with Crippen LogP contribution in [-0.2, 0) is 20.9 Å². The average Bonchev–Trinajstić information content (AvgIpc) is 3.42. The number of carbonyl (C=O) groups is 2. The van der Waals surface area contributed by atoms with E-state index < -0.39 is 12.1 Å². The Hall–Kier alpha value is -3.10. The molecule has 2 aromatic heterocycles. The van der Waals surface area contributed by atoms with Gasteiger partial charge in [-0.25, -0.2) is 4.79 Å². The Morgan fingerprint density at radius 3 is 2.77 bits per heavy atom. The monoisotopic (exact) mass is 429 g/mol. The van der Waals surface area contributed by atoms with E-state index >= 15 is 0 Å². The minimum Gasteiger partial charge on any atom is -0.497 e. The van der Waals surface area contributed by atoms with Crippen LogP contribution in [0.3, 0.4) is 0 Å². The molecule has 3 rings (SSSR count). The van der Waals surface area contributed by atoms with Gasteiger partial charge in [-0.15, -0.1) is 11.3 Å². The molecular formula is C22H23NO6S. The molecule has 0 bridgehead atoms. The normalized spacial score (nSPS) is 11.7. The van der Waals surface area contributed by atoms with Gasteiger partial charge in [-0.05, 0) is 43.7 Å². The minimum atomic E-state index is -0.736. The Kier molecular flexibility index (Phi) is 7.26. The zero-order chi connectivity index (χ0) is 21.5. The van der Waals surface area contributed by atoms with E-state index in [2.05, 4.69) is 5.32 Å². The van der Waals surface area contributed by atoms with Crippen LogP contribution in [0.1, 0.15) is 29.8 Å². The topological polar surface area (TPSA) is 87.0 Å². The Morgan fingerprint density at radius 1 is 1.23 bits per heavy atom. The lowest BCUT2D eigenvalue weighted by molar-refractivity contribution is -0.127. The fourth-order valence-corrected chi connectivity index (χ4v) is 3.68. The number of methoxy groups -OCH3 is 1. The zero-order valence-corrected chi connectivity index (χ0v) is 17.8. The lowest BCUT2D eigenvalue weighted by Crippen LogP contribution is -2.28. The van der Waals surface area contributed by atoms with Gasteiger partial charge >= 0.3 is 5.97 Å². The molecule has 0 radical (unpaired) electrons. The summed E-state index contributed by atoms with van der Waals surface area (Å²) in [5, 5.41) is 4.92. The minimum absolute atomic E-state index is 0.222. The summed E-state index contributed by atoms with van der Waals surface area (Å²) in [6.07, 6.45) is 0.787. The van der Waals surface area contributed by atoms with Crippen LogP contribution in [0.15, 0.2) is 52.5 Å². The number of carbonyl (C=O) groups excluding carboxylic acids is 2. The first-order chi connectivity index (χ1) is 14.5. The van der Waals surface area contributed by atoms with Crippen molar-refractivity contribution in [2.24, 2.45) is 0 Å². The molecule has 0 saturated carbocycles. The maximum atomic E-state index is 12.7. The molecule has 3 aromatic rings. The molecule has 0 aliphatic rings. The van der Waals surface area contributed by atoms with Gasteiger partial charge in [0.25, 0.3) is 5.91 Å². The summed E-state index contributed by atoms with van der Waals surface area (Å²) in [4.78, 5) is 25.2. The van der Waals surface area contributed by atoms with Gasteiger partial charge in [0.15, 0.2) is 0 Å². The number of nitrogens with one attached hydrogen (secondary N) is 1. The molecule has 0 fully saturated rings. The highest BCUT2D eigenvalue weighted by Crippen LogP contribution is 2.36. The van der Waals surface area contributed by atoms with Crippen LogP contribution >= 0.6 is 11.3 Å². The summed E-state index contributed by atoms with van der Waals surface area (Å²) in [5.41, 5.74) is 1.73. The first kappa shape index (κ1) is 21.6. The third-order valence-electron chi connectivity index (χ3n) is 4.30. The molecule has 0 spiro atoms. The van der Waals surface area contributed by atoms with Gasteiger partial charge < -0.3 is 23.9 Å². The molecule has 1 unspecified atom stereocenters. The molecule has 2 heterocycles. The highest BCUT2D eigenvalue weighted by Gasteiger charge is 2.25. The number of furan rings is 1. The quantitative estimate of drug-likeness (QED) is 0.495. The molecule has 7 nitrogen and oxygen atoms in total. The predicted molar refractivity (Wildman–Crippen MR) is 114 cm³/mol. The van der Waals surface area contributed by atoms with Gasteiger partial charge in [0.1, 0.15) is 28.2 Å². The SMILES string of the molecule is CCOC(=O)c1c(-c2ccco2)csc1NC(=O)C(C)OCc1cccc(OC)c1. The molecule has 0 saturated heterocycles.